The average Bonchev–Trinajstić information content (AvgIpc) is 2.49. The number of hydrogen-bond acceptors (Lipinski definition) is 4. The average molecular weight is 313 g/mol. The van der Waals surface area contributed by atoms with E-state index < -0.39 is 5.91 Å². The highest BCUT2D eigenvalue weighted by Gasteiger charge is 2.09. The first kappa shape index (κ1) is 15.5. The van der Waals surface area contributed by atoms with Crippen molar-refractivity contribution in [1.29, 1.82) is 5.26 Å². The van der Waals surface area contributed by atoms with Crippen molar-refractivity contribution in [3.05, 3.63) is 65.1 Å². The SMILES string of the molecule is Cc1ccc(N/C=C(/C#N)C(=O)Nc2cccc(Cl)c2)cn1. The lowest BCUT2D eigenvalue weighted by Gasteiger charge is -2.05. The summed E-state index contributed by atoms with van der Waals surface area (Å²) in [5, 5.41) is 15.1. The molecule has 6 heteroatoms. The van der Waals surface area contributed by atoms with Crippen molar-refractivity contribution in [2.45, 2.75) is 6.92 Å². The normalized spacial score (nSPS) is 10.7. The molecule has 0 saturated heterocycles. The van der Waals surface area contributed by atoms with E-state index in [-0.39, 0.29) is 5.57 Å². The van der Waals surface area contributed by atoms with E-state index in [2.05, 4.69) is 15.6 Å². The van der Waals surface area contributed by atoms with Gasteiger partial charge in [0.25, 0.3) is 5.91 Å². The van der Waals surface area contributed by atoms with E-state index in [9.17, 15) is 4.79 Å². The molecule has 0 unspecified atom stereocenters. The number of aromatic nitrogens is 1. The van der Waals surface area contributed by atoms with Gasteiger partial charge in [-0.2, -0.15) is 5.26 Å². The zero-order chi connectivity index (χ0) is 15.9. The van der Waals surface area contributed by atoms with Gasteiger partial charge in [-0.3, -0.25) is 9.78 Å². The van der Waals surface area contributed by atoms with Gasteiger partial charge < -0.3 is 10.6 Å². The highest BCUT2D eigenvalue weighted by Crippen LogP contribution is 2.15. The lowest BCUT2D eigenvalue weighted by atomic mass is 10.2. The van der Waals surface area contributed by atoms with Crippen molar-refractivity contribution in [1.82, 2.24) is 4.98 Å². The molecule has 1 aromatic carbocycles. The van der Waals surface area contributed by atoms with Crippen LogP contribution in [0.4, 0.5) is 11.4 Å². The number of rotatable bonds is 4. The summed E-state index contributed by atoms with van der Waals surface area (Å²) < 4.78 is 0. The van der Waals surface area contributed by atoms with Crippen LogP contribution in [0.3, 0.4) is 0 Å². The molecular formula is C16H13ClN4O. The Bertz CT molecular complexity index is 747. The number of pyridine rings is 1. The summed E-state index contributed by atoms with van der Waals surface area (Å²) in [4.78, 5) is 16.1. The van der Waals surface area contributed by atoms with Crippen molar-refractivity contribution in [3.63, 3.8) is 0 Å². The molecule has 1 amide bonds. The molecule has 2 N–H and O–H groups in total. The molecule has 1 aromatic heterocycles. The molecule has 0 aliphatic rings. The molecule has 0 fully saturated rings. The molecule has 1 heterocycles. The maximum Gasteiger partial charge on any atom is 0.267 e. The van der Waals surface area contributed by atoms with Crippen LogP contribution in [0, 0.1) is 18.3 Å². The van der Waals surface area contributed by atoms with Crippen LogP contribution in [0.2, 0.25) is 5.02 Å². The fourth-order valence-corrected chi connectivity index (χ4v) is 1.81. The Kier molecular flexibility index (Phi) is 5.12. The van der Waals surface area contributed by atoms with Crippen LogP contribution in [-0.2, 0) is 4.79 Å². The minimum Gasteiger partial charge on any atom is -0.359 e. The van der Waals surface area contributed by atoms with Crippen LogP contribution in [0.5, 0.6) is 0 Å². The van der Waals surface area contributed by atoms with E-state index in [0.29, 0.717) is 16.4 Å². The predicted octanol–water partition coefficient (Wildman–Crippen LogP) is 3.50. The van der Waals surface area contributed by atoms with Gasteiger partial charge in [-0.15, -0.1) is 0 Å². The predicted molar refractivity (Wildman–Crippen MR) is 86.4 cm³/mol. The lowest BCUT2D eigenvalue weighted by molar-refractivity contribution is -0.112. The zero-order valence-electron chi connectivity index (χ0n) is 11.8. The minimum absolute atomic E-state index is 0.0550. The van der Waals surface area contributed by atoms with E-state index >= 15 is 0 Å². The Labute approximate surface area is 133 Å². The van der Waals surface area contributed by atoms with Gasteiger partial charge in [-0.25, -0.2) is 0 Å². The molecular weight excluding hydrogens is 300 g/mol. The number of nitriles is 1. The number of halogens is 1. The van der Waals surface area contributed by atoms with Crippen LogP contribution >= 0.6 is 11.6 Å². The maximum absolute atomic E-state index is 12.0. The molecule has 0 aliphatic carbocycles. The minimum atomic E-state index is -0.516. The highest BCUT2D eigenvalue weighted by atomic mass is 35.5. The first-order valence-electron chi connectivity index (χ1n) is 6.45. The van der Waals surface area contributed by atoms with E-state index in [4.69, 9.17) is 16.9 Å². The summed E-state index contributed by atoms with van der Waals surface area (Å²) in [6.45, 7) is 1.87. The Morgan fingerprint density at radius 2 is 2.14 bits per heavy atom. The van der Waals surface area contributed by atoms with Crippen molar-refractivity contribution < 1.29 is 4.79 Å². The van der Waals surface area contributed by atoms with E-state index in [1.54, 1.807) is 30.5 Å². The number of benzene rings is 1. The van der Waals surface area contributed by atoms with Gasteiger partial charge in [0.05, 0.1) is 11.9 Å². The van der Waals surface area contributed by atoms with Crippen molar-refractivity contribution in [2.24, 2.45) is 0 Å². The maximum atomic E-state index is 12.0. The summed E-state index contributed by atoms with van der Waals surface area (Å²) >= 11 is 5.85. The number of nitrogens with one attached hydrogen (secondary N) is 2. The van der Waals surface area contributed by atoms with Crippen LogP contribution in [0.25, 0.3) is 0 Å². The summed E-state index contributed by atoms with van der Waals surface area (Å²) in [5.41, 5.74) is 2.04. The molecule has 5 nitrogen and oxygen atoms in total. The van der Waals surface area contributed by atoms with Gasteiger partial charge >= 0.3 is 0 Å². The van der Waals surface area contributed by atoms with Crippen LogP contribution in [-0.4, -0.2) is 10.9 Å². The molecule has 22 heavy (non-hydrogen) atoms. The number of hydrogen-bond donors (Lipinski definition) is 2. The van der Waals surface area contributed by atoms with Crippen molar-refractivity contribution in [3.8, 4) is 6.07 Å². The lowest BCUT2D eigenvalue weighted by Crippen LogP contribution is -2.14. The number of carbonyl (C=O) groups is 1. The number of carbonyl (C=O) groups excluding carboxylic acids is 1. The molecule has 0 bridgehead atoms. The molecule has 2 rings (SSSR count). The van der Waals surface area contributed by atoms with E-state index in [1.165, 1.54) is 6.20 Å². The summed E-state index contributed by atoms with van der Waals surface area (Å²) in [5.74, 6) is -0.516. The standard InChI is InChI=1S/C16H13ClN4O/c1-11-5-6-15(10-19-11)20-9-12(8-18)16(22)21-14-4-2-3-13(17)7-14/h2-7,9-10,20H,1H3,(H,21,22)/b12-9-. The van der Waals surface area contributed by atoms with Crippen molar-refractivity contribution >= 4 is 28.9 Å². The third-order valence-corrected chi connectivity index (χ3v) is 2.98. The molecule has 2 aromatic rings. The first-order chi connectivity index (χ1) is 10.6. The summed E-state index contributed by atoms with van der Waals surface area (Å²) in [6, 6.07) is 12.2. The second-order valence-electron chi connectivity index (χ2n) is 4.47. The van der Waals surface area contributed by atoms with Crippen LogP contribution in [0.1, 0.15) is 5.69 Å². The number of aryl methyl sites for hydroxylation is 1. The third-order valence-electron chi connectivity index (χ3n) is 2.74. The van der Waals surface area contributed by atoms with Gasteiger partial charge in [0.2, 0.25) is 0 Å². The van der Waals surface area contributed by atoms with Gasteiger partial charge in [-0.05, 0) is 37.3 Å². The third kappa shape index (κ3) is 4.33. The number of nitrogens with zero attached hydrogens (tertiary/aromatic N) is 2. The summed E-state index contributed by atoms with van der Waals surface area (Å²) in [7, 11) is 0. The second kappa shape index (κ2) is 7.25. The molecule has 110 valence electrons. The highest BCUT2D eigenvalue weighted by molar-refractivity contribution is 6.31. The van der Waals surface area contributed by atoms with E-state index in [1.807, 2.05) is 25.1 Å². The van der Waals surface area contributed by atoms with Gasteiger partial charge in [0.1, 0.15) is 11.6 Å². The van der Waals surface area contributed by atoms with Gasteiger partial charge in [0, 0.05) is 22.6 Å². The fourth-order valence-electron chi connectivity index (χ4n) is 1.62. The monoisotopic (exact) mass is 312 g/mol. The van der Waals surface area contributed by atoms with Crippen molar-refractivity contribution in [2.75, 3.05) is 10.6 Å². The Morgan fingerprint density at radius 3 is 2.77 bits per heavy atom. The fraction of sp³-hybridized carbons (Fsp3) is 0.0625. The Balaban J connectivity index is 2.07. The molecule has 0 saturated carbocycles. The smallest absolute Gasteiger partial charge is 0.267 e. The van der Waals surface area contributed by atoms with Crippen LogP contribution in [0.15, 0.2) is 54.4 Å². The van der Waals surface area contributed by atoms with Crippen LogP contribution < -0.4 is 10.6 Å². The molecule has 0 spiro atoms. The summed E-state index contributed by atoms with van der Waals surface area (Å²) in [6.07, 6.45) is 2.96. The van der Waals surface area contributed by atoms with Gasteiger partial charge in [-0.1, -0.05) is 17.7 Å². The second-order valence-corrected chi connectivity index (χ2v) is 4.90. The number of anilines is 2. The van der Waals surface area contributed by atoms with Gasteiger partial charge in [0.15, 0.2) is 0 Å². The molecule has 0 radical (unpaired) electrons. The topological polar surface area (TPSA) is 77.8 Å². The van der Waals surface area contributed by atoms with E-state index in [0.717, 1.165) is 5.69 Å². The number of amides is 1. The quantitative estimate of drug-likeness (QED) is 0.669. The zero-order valence-corrected chi connectivity index (χ0v) is 12.6. The Morgan fingerprint density at radius 1 is 1.32 bits per heavy atom. The first-order valence-corrected chi connectivity index (χ1v) is 6.82. The molecule has 0 aliphatic heterocycles. The molecule has 0 atom stereocenters. The largest absolute Gasteiger partial charge is 0.359 e. The Hall–Kier alpha value is -2.84.